The van der Waals surface area contributed by atoms with Crippen LogP contribution in [0, 0.1) is 28.4 Å². The van der Waals surface area contributed by atoms with Gasteiger partial charge in [0.2, 0.25) is 0 Å². The van der Waals surface area contributed by atoms with Crippen LogP contribution in [0.5, 0.6) is 0 Å². The van der Waals surface area contributed by atoms with Gasteiger partial charge in [0.25, 0.3) is 0 Å². The van der Waals surface area contributed by atoms with Crippen molar-refractivity contribution in [3.63, 3.8) is 0 Å². The molecule has 2 aromatic rings. The van der Waals surface area contributed by atoms with E-state index < -0.39 is 4.92 Å². The molecule has 2 rings (SSSR count). The zero-order valence-electron chi connectivity index (χ0n) is 10.2. The minimum Gasteiger partial charge on any atom is -0.380 e. The molecule has 0 aliphatic carbocycles. The highest BCUT2D eigenvalue weighted by atomic mass is 32.1. The van der Waals surface area contributed by atoms with Crippen LogP contribution in [-0.2, 0) is 6.54 Å². The van der Waals surface area contributed by atoms with Crippen molar-refractivity contribution < 1.29 is 4.92 Å². The van der Waals surface area contributed by atoms with E-state index in [0.29, 0.717) is 12.1 Å². The Morgan fingerprint density at radius 1 is 1.53 bits per heavy atom. The smallest absolute Gasteiger partial charge is 0.324 e. The predicted molar refractivity (Wildman–Crippen MR) is 74.2 cm³/mol. The molecule has 1 aromatic heterocycles. The van der Waals surface area contributed by atoms with E-state index in [0.717, 1.165) is 28.2 Å². The summed E-state index contributed by atoms with van der Waals surface area (Å²) in [7, 11) is 0. The second-order valence-electron chi connectivity index (χ2n) is 4.01. The van der Waals surface area contributed by atoms with Gasteiger partial charge in [0.15, 0.2) is 0 Å². The van der Waals surface area contributed by atoms with Crippen LogP contribution in [-0.4, -0.2) is 4.92 Å². The van der Waals surface area contributed by atoms with Crippen molar-refractivity contribution in [2.75, 3.05) is 5.32 Å². The first kappa shape index (κ1) is 13.1. The average Bonchev–Trinajstić information content (AvgIpc) is 2.85. The number of hydrogen-bond acceptors (Lipinski definition) is 5. The van der Waals surface area contributed by atoms with Gasteiger partial charge in [0, 0.05) is 18.0 Å². The molecule has 0 saturated heterocycles. The fourth-order valence-corrected chi connectivity index (χ4v) is 2.44. The predicted octanol–water partition coefficient (Wildman–Crippen LogP) is 3.45. The van der Waals surface area contributed by atoms with Crippen LogP contribution < -0.4 is 5.32 Å². The third-order valence-corrected chi connectivity index (χ3v) is 3.62. The Balaban J connectivity index is 2.12. The number of aryl methyl sites for hydroxylation is 1. The number of rotatable bonds is 4. The van der Waals surface area contributed by atoms with Crippen molar-refractivity contribution >= 4 is 22.0 Å². The van der Waals surface area contributed by atoms with E-state index in [2.05, 4.69) is 11.4 Å². The molecule has 0 radical (unpaired) electrons. The molecule has 0 aliphatic heterocycles. The minimum atomic E-state index is -0.401. The number of nitrogens with one attached hydrogen (secondary N) is 1. The maximum absolute atomic E-state index is 10.6. The Morgan fingerprint density at radius 3 is 2.95 bits per heavy atom. The maximum atomic E-state index is 10.6. The molecule has 0 fully saturated rings. The topological polar surface area (TPSA) is 79.0 Å². The summed E-state index contributed by atoms with van der Waals surface area (Å²) in [4.78, 5) is 10.2. The summed E-state index contributed by atoms with van der Waals surface area (Å²) in [5, 5.41) is 24.7. The summed E-state index contributed by atoms with van der Waals surface area (Å²) < 4.78 is 0. The molecule has 96 valence electrons. The van der Waals surface area contributed by atoms with Gasteiger partial charge < -0.3 is 5.32 Å². The van der Waals surface area contributed by atoms with E-state index in [1.165, 1.54) is 0 Å². The minimum absolute atomic E-state index is 0.126. The summed E-state index contributed by atoms with van der Waals surface area (Å²) in [6, 6.07) is 9.27. The Morgan fingerprint density at radius 2 is 2.32 bits per heavy atom. The van der Waals surface area contributed by atoms with Crippen molar-refractivity contribution in [1.29, 1.82) is 5.26 Å². The lowest BCUT2D eigenvalue weighted by Gasteiger charge is -2.08. The number of anilines is 1. The Labute approximate surface area is 114 Å². The highest BCUT2D eigenvalue weighted by molar-refractivity contribution is 7.13. The summed E-state index contributed by atoms with van der Waals surface area (Å²) in [6.45, 7) is 2.33. The number of hydrogen-bond donors (Lipinski definition) is 1. The van der Waals surface area contributed by atoms with Crippen molar-refractivity contribution in [1.82, 2.24) is 0 Å². The molecule has 1 aromatic carbocycles. The van der Waals surface area contributed by atoms with Gasteiger partial charge in [-0.05, 0) is 24.1 Å². The van der Waals surface area contributed by atoms with Crippen LogP contribution in [0.1, 0.15) is 16.7 Å². The zero-order valence-corrected chi connectivity index (χ0v) is 11.0. The number of nitriles is 1. The highest BCUT2D eigenvalue weighted by Crippen LogP contribution is 2.24. The molecule has 0 unspecified atom stereocenters. The number of thiophene rings is 1. The molecule has 0 atom stereocenters. The summed E-state index contributed by atoms with van der Waals surface area (Å²) >= 11 is 1.10. The maximum Gasteiger partial charge on any atom is 0.324 e. The first-order valence-corrected chi connectivity index (χ1v) is 6.45. The molecular weight excluding hydrogens is 262 g/mol. The highest BCUT2D eigenvalue weighted by Gasteiger charge is 2.10. The lowest BCUT2D eigenvalue weighted by Crippen LogP contribution is -2.01. The third kappa shape index (κ3) is 2.89. The van der Waals surface area contributed by atoms with Gasteiger partial charge in [-0.25, -0.2) is 0 Å². The molecule has 6 heteroatoms. The Hall–Kier alpha value is -2.39. The van der Waals surface area contributed by atoms with Gasteiger partial charge in [-0.15, -0.1) is 0 Å². The first-order chi connectivity index (χ1) is 9.11. The fourth-order valence-electron chi connectivity index (χ4n) is 1.71. The molecule has 5 nitrogen and oxygen atoms in total. The van der Waals surface area contributed by atoms with E-state index in [-0.39, 0.29) is 5.00 Å². The SMILES string of the molecule is Cc1cccc(NCc2csc([N+](=O)[O-])c2)c1C#N. The van der Waals surface area contributed by atoms with Gasteiger partial charge >= 0.3 is 5.00 Å². The van der Waals surface area contributed by atoms with E-state index in [1.54, 1.807) is 11.4 Å². The van der Waals surface area contributed by atoms with Crippen LogP contribution >= 0.6 is 11.3 Å². The average molecular weight is 273 g/mol. The van der Waals surface area contributed by atoms with Crippen LogP contribution in [0.2, 0.25) is 0 Å². The monoisotopic (exact) mass is 273 g/mol. The van der Waals surface area contributed by atoms with E-state index >= 15 is 0 Å². The van der Waals surface area contributed by atoms with Crippen LogP contribution in [0.4, 0.5) is 10.7 Å². The summed E-state index contributed by atoms with van der Waals surface area (Å²) in [5.74, 6) is 0. The second-order valence-corrected chi connectivity index (χ2v) is 4.90. The molecule has 0 amide bonds. The van der Waals surface area contributed by atoms with E-state index in [4.69, 9.17) is 5.26 Å². The quantitative estimate of drug-likeness (QED) is 0.683. The molecule has 1 heterocycles. The van der Waals surface area contributed by atoms with Gasteiger partial charge in [0.05, 0.1) is 16.2 Å². The molecule has 0 saturated carbocycles. The van der Waals surface area contributed by atoms with E-state index in [1.807, 2.05) is 25.1 Å². The van der Waals surface area contributed by atoms with Crippen molar-refractivity contribution in [2.45, 2.75) is 13.5 Å². The third-order valence-electron chi connectivity index (χ3n) is 2.69. The lowest BCUT2D eigenvalue weighted by atomic mass is 10.1. The molecule has 1 N–H and O–H groups in total. The molecule has 19 heavy (non-hydrogen) atoms. The van der Waals surface area contributed by atoms with E-state index in [9.17, 15) is 10.1 Å². The number of nitro groups is 1. The van der Waals surface area contributed by atoms with Crippen molar-refractivity contribution in [3.8, 4) is 6.07 Å². The van der Waals surface area contributed by atoms with Gasteiger partial charge in [-0.2, -0.15) is 5.26 Å². The standard InChI is InChI=1S/C13H11N3O2S/c1-9-3-2-4-12(11(9)6-14)15-7-10-5-13(16(17)18)19-8-10/h2-5,8,15H,7H2,1H3. The van der Waals surface area contributed by atoms with Gasteiger partial charge in [0.1, 0.15) is 6.07 Å². The number of nitrogens with zero attached hydrogens (tertiary/aromatic N) is 2. The summed E-state index contributed by atoms with van der Waals surface area (Å²) in [6.07, 6.45) is 0. The second kappa shape index (κ2) is 5.50. The van der Waals surface area contributed by atoms with Gasteiger partial charge in [-0.1, -0.05) is 23.5 Å². The molecular formula is C13H11N3O2S. The normalized spacial score (nSPS) is 9.89. The summed E-state index contributed by atoms with van der Waals surface area (Å²) in [5.41, 5.74) is 3.09. The Kier molecular flexibility index (Phi) is 3.78. The molecule has 0 bridgehead atoms. The first-order valence-electron chi connectivity index (χ1n) is 5.57. The van der Waals surface area contributed by atoms with Gasteiger partial charge in [-0.3, -0.25) is 10.1 Å². The molecule has 0 aliphatic rings. The van der Waals surface area contributed by atoms with Crippen LogP contribution in [0.3, 0.4) is 0 Å². The van der Waals surface area contributed by atoms with Crippen molar-refractivity contribution in [2.24, 2.45) is 0 Å². The largest absolute Gasteiger partial charge is 0.380 e. The van der Waals surface area contributed by atoms with Crippen LogP contribution in [0.25, 0.3) is 0 Å². The van der Waals surface area contributed by atoms with Crippen LogP contribution in [0.15, 0.2) is 29.6 Å². The zero-order chi connectivity index (χ0) is 13.8. The number of benzene rings is 1. The van der Waals surface area contributed by atoms with Crippen molar-refractivity contribution in [3.05, 3.63) is 56.5 Å². The lowest BCUT2D eigenvalue weighted by molar-refractivity contribution is -0.380. The molecule has 0 spiro atoms. The Bertz CT molecular complexity index is 658. The fraction of sp³-hybridized carbons (Fsp3) is 0.154.